The van der Waals surface area contributed by atoms with Crippen LogP contribution in [0, 0.1) is 0 Å². The fourth-order valence-corrected chi connectivity index (χ4v) is 3.87. The molecule has 5 heteroatoms. The van der Waals surface area contributed by atoms with Crippen molar-refractivity contribution in [3.05, 3.63) is 33.9 Å². The van der Waals surface area contributed by atoms with E-state index in [1.807, 2.05) is 6.07 Å². The van der Waals surface area contributed by atoms with Crippen molar-refractivity contribution < 1.29 is 9.53 Å². The van der Waals surface area contributed by atoms with Gasteiger partial charge in [0, 0.05) is 46.8 Å². The Balaban J connectivity index is 2.13. The zero-order chi connectivity index (χ0) is 15.9. The van der Waals surface area contributed by atoms with Crippen LogP contribution in [0.3, 0.4) is 0 Å². The lowest BCUT2D eigenvalue weighted by Crippen LogP contribution is -2.27. The first-order valence-electron chi connectivity index (χ1n) is 7.56. The van der Waals surface area contributed by atoms with E-state index < -0.39 is 0 Å². The van der Waals surface area contributed by atoms with Crippen LogP contribution in [0.2, 0.25) is 0 Å². The summed E-state index contributed by atoms with van der Waals surface area (Å²) in [4.78, 5) is 14.6. The van der Waals surface area contributed by atoms with Gasteiger partial charge in [0.15, 0.2) is 5.78 Å². The van der Waals surface area contributed by atoms with Crippen molar-refractivity contribution in [2.75, 3.05) is 27.3 Å². The monoisotopic (exact) mass is 364 g/mol. The highest BCUT2D eigenvalue weighted by Crippen LogP contribution is 2.40. The molecule has 0 radical (unpaired) electrons. The van der Waals surface area contributed by atoms with E-state index in [2.05, 4.69) is 44.6 Å². The fraction of sp³-hybridized carbons (Fsp3) is 0.471. The summed E-state index contributed by atoms with van der Waals surface area (Å²) >= 11 is 3.52. The second-order valence-electron chi connectivity index (χ2n) is 5.91. The number of fused-ring (bicyclic) bond motifs is 3. The van der Waals surface area contributed by atoms with Gasteiger partial charge < -0.3 is 9.30 Å². The lowest BCUT2D eigenvalue weighted by atomic mass is 10.0. The largest absolute Gasteiger partial charge is 0.383 e. The molecule has 118 valence electrons. The molecule has 0 N–H and O–H groups in total. The summed E-state index contributed by atoms with van der Waals surface area (Å²) in [5.41, 5.74) is 3.20. The molecule has 4 nitrogen and oxygen atoms in total. The van der Waals surface area contributed by atoms with E-state index in [4.69, 9.17) is 4.74 Å². The van der Waals surface area contributed by atoms with Gasteiger partial charge >= 0.3 is 0 Å². The van der Waals surface area contributed by atoms with Crippen molar-refractivity contribution in [2.45, 2.75) is 25.9 Å². The number of methoxy groups -OCH3 is 1. The highest BCUT2D eigenvalue weighted by Gasteiger charge is 2.33. The maximum Gasteiger partial charge on any atom is 0.162 e. The number of halogens is 1. The van der Waals surface area contributed by atoms with E-state index in [1.54, 1.807) is 14.0 Å². The summed E-state index contributed by atoms with van der Waals surface area (Å²) in [6.07, 6.45) is 1.04. The Morgan fingerprint density at radius 2 is 2.27 bits per heavy atom. The minimum Gasteiger partial charge on any atom is -0.383 e. The summed E-state index contributed by atoms with van der Waals surface area (Å²) in [6, 6.07) is 6.48. The number of aryl methyl sites for hydroxylation is 1. The summed E-state index contributed by atoms with van der Waals surface area (Å²) in [7, 11) is 3.83. The zero-order valence-electron chi connectivity index (χ0n) is 13.2. The van der Waals surface area contributed by atoms with E-state index in [9.17, 15) is 4.79 Å². The minimum absolute atomic E-state index is 0.142. The molecular formula is C17H21BrN2O2. The predicted molar refractivity (Wildman–Crippen MR) is 91.5 cm³/mol. The van der Waals surface area contributed by atoms with Crippen molar-refractivity contribution in [2.24, 2.45) is 0 Å². The smallest absolute Gasteiger partial charge is 0.162 e. The molecule has 1 atom stereocenters. The average Bonchev–Trinajstić information content (AvgIpc) is 3.01. The van der Waals surface area contributed by atoms with E-state index >= 15 is 0 Å². The SMILES string of the molecule is COCCN(C)C1CCn2c1c(C(C)=O)c1cc(Br)ccc12. The topological polar surface area (TPSA) is 34.5 Å². The lowest BCUT2D eigenvalue weighted by molar-refractivity contribution is 0.101. The van der Waals surface area contributed by atoms with Gasteiger partial charge in [0.05, 0.1) is 12.6 Å². The standard InChI is InChI=1S/C17H21BrN2O2/c1-11(21)16-13-10-12(18)4-5-14(13)20-7-6-15(17(16)20)19(2)8-9-22-3/h4-5,10,15H,6-9H2,1-3H3. The van der Waals surface area contributed by atoms with Crippen molar-refractivity contribution >= 4 is 32.6 Å². The number of hydrogen-bond donors (Lipinski definition) is 0. The molecule has 1 aromatic carbocycles. The first kappa shape index (κ1) is 15.7. The molecule has 0 saturated carbocycles. The minimum atomic E-state index is 0.142. The van der Waals surface area contributed by atoms with Gasteiger partial charge in [-0.2, -0.15) is 0 Å². The molecule has 0 spiro atoms. The fourth-order valence-electron chi connectivity index (χ4n) is 3.51. The number of likely N-dealkylation sites (N-methyl/N-ethyl adjacent to an activating group) is 1. The Kier molecular flexibility index (Phi) is 4.39. The summed E-state index contributed by atoms with van der Waals surface area (Å²) in [5, 5.41) is 1.06. The molecule has 0 saturated heterocycles. The van der Waals surface area contributed by atoms with Crippen molar-refractivity contribution in [1.82, 2.24) is 9.47 Å². The Labute approximate surface area is 139 Å². The molecule has 0 aliphatic carbocycles. The summed E-state index contributed by atoms with van der Waals surface area (Å²) in [6.45, 7) is 4.20. The van der Waals surface area contributed by atoms with Crippen LogP contribution in [0.15, 0.2) is 22.7 Å². The van der Waals surface area contributed by atoms with Crippen LogP contribution in [-0.2, 0) is 11.3 Å². The zero-order valence-corrected chi connectivity index (χ0v) is 14.8. The summed E-state index contributed by atoms with van der Waals surface area (Å²) < 4.78 is 8.51. The van der Waals surface area contributed by atoms with Crippen molar-refractivity contribution in [3.8, 4) is 0 Å². The number of ether oxygens (including phenoxy) is 1. The van der Waals surface area contributed by atoms with Gasteiger partial charge in [0.1, 0.15) is 0 Å². The van der Waals surface area contributed by atoms with Crippen LogP contribution >= 0.6 is 15.9 Å². The summed E-state index contributed by atoms with van der Waals surface area (Å²) in [5.74, 6) is 0.142. The van der Waals surface area contributed by atoms with Crippen LogP contribution in [0.5, 0.6) is 0 Å². The third-order valence-electron chi connectivity index (χ3n) is 4.54. The molecule has 3 rings (SSSR count). The number of hydrogen-bond acceptors (Lipinski definition) is 3. The average molecular weight is 365 g/mol. The number of carbonyl (C=O) groups is 1. The van der Waals surface area contributed by atoms with Gasteiger partial charge in [-0.25, -0.2) is 0 Å². The molecule has 1 aliphatic heterocycles. The number of aromatic nitrogens is 1. The normalized spacial score (nSPS) is 17.4. The first-order valence-corrected chi connectivity index (χ1v) is 8.35. The molecule has 1 unspecified atom stereocenters. The maximum atomic E-state index is 12.3. The van der Waals surface area contributed by atoms with Crippen LogP contribution in [0.4, 0.5) is 0 Å². The van der Waals surface area contributed by atoms with Crippen LogP contribution in [-0.4, -0.2) is 42.6 Å². The lowest BCUT2D eigenvalue weighted by Gasteiger charge is -2.24. The second kappa shape index (κ2) is 6.14. The van der Waals surface area contributed by atoms with Gasteiger partial charge in [0.2, 0.25) is 0 Å². The Morgan fingerprint density at radius 1 is 1.50 bits per heavy atom. The number of benzene rings is 1. The van der Waals surface area contributed by atoms with Crippen LogP contribution in [0.1, 0.15) is 35.4 Å². The Hall–Kier alpha value is -1.17. The quantitative estimate of drug-likeness (QED) is 0.759. The molecule has 1 aromatic heterocycles. The van der Waals surface area contributed by atoms with E-state index in [0.717, 1.165) is 40.4 Å². The Morgan fingerprint density at radius 3 is 2.95 bits per heavy atom. The highest BCUT2D eigenvalue weighted by atomic mass is 79.9. The molecule has 0 bridgehead atoms. The van der Waals surface area contributed by atoms with Gasteiger partial charge in [-0.3, -0.25) is 9.69 Å². The highest BCUT2D eigenvalue weighted by molar-refractivity contribution is 9.10. The molecule has 22 heavy (non-hydrogen) atoms. The van der Waals surface area contributed by atoms with Gasteiger partial charge in [0.25, 0.3) is 0 Å². The van der Waals surface area contributed by atoms with Crippen LogP contribution in [0.25, 0.3) is 10.9 Å². The second-order valence-corrected chi connectivity index (χ2v) is 6.82. The van der Waals surface area contributed by atoms with Crippen molar-refractivity contribution in [3.63, 3.8) is 0 Å². The van der Waals surface area contributed by atoms with E-state index in [-0.39, 0.29) is 11.8 Å². The van der Waals surface area contributed by atoms with Gasteiger partial charge in [-0.15, -0.1) is 0 Å². The van der Waals surface area contributed by atoms with E-state index in [1.165, 1.54) is 5.69 Å². The third-order valence-corrected chi connectivity index (χ3v) is 5.03. The molecule has 0 amide bonds. The van der Waals surface area contributed by atoms with Gasteiger partial charge in [-0.1, -0.05) is 15.9 Å². The molecular weight excluding hydrogens is 344 g/mol. The molecule has 2 heterocycles. The number of carbonyl (C=O) groups excluding carboxylic acids is 1. The van der Waals surface area contributed by atoms with Crippen LogP contribution < -0.4 is 0 Å². The predicted octanol–water partition coefficient (Wildman–Crippen LogP) is 3.63. The first-order chi connectivity index (χ1) is 10.5. The number of Topliss-reactive ketones (excluding diaryl/α,β-unsaturated/α-hetero) is 1. The van der Waals surface area contributed by atoms with E-state index in [0.29, 0.717) is 6.61 Å². The number of ketones is 1. The molecule has 1 aliphatic rings. The molecule has 2 aromatic rings. The number of nitrogens with zero attached hydrogens (tertiary/aromatic N) is 2. The Bertz CT molecular complexity index is 723. The molecule has 0 fully saturated rings. The maximum absolute atomic E-state index is 12.3. The third kappa shape index (κ3) is 2.51. The van der Waals surface area contributed by atoms with Crippen molar-refractivity contribution in [1.29, 1.82) is 0 Å². The van der Waals surface area contributed by atoms with Gasteiger partial charge in [-0.05, 0) is 38.6 Å². The number of rotatable bonds is 5.